The van der Waals surface area contributed by atoms with Crippen LogP contribution in [0.4, 0.5) is 0 Å². The number of aryl methyl sites for hydroxylation is 1. The highest BCUT2D eigenvalue weighted by Gasteiger charge is 2.16. The second-order valence-corrected chi connectivity index (χ2v) is 5.58. The van der Waals surface area contributed by atoms with Crippen LogP contribution in [-0.2, 0) is 11.3 Å². The number of fused-ring (bicyclic) bond motifs is 1. The summed E-state index contributed by atoms with van der Waals surface area (Å²) >= 11 is 1.57. The molecule has 3 rings (SSSR count). The zero-order valence-electron chi connectivity index (χ0n) is 9.59. The molecule has 0 aliphatic carbocycles. The molecular formula is C13H15NO2S. The third kappa shape index (κ3) is 2.15. The van der Waals surface area contributed by atoms with Crippen molar-refractivity contribution < 1.29 is 4.74 Å². The Morgan fingerprint density at radius 1 is 1.41 bits per heavy atom. The zero-order valence-corrected chi connectivity index (χ0v) is 10.4. The van der Waals surface area contributed by atoms with Crippen LogP contribution in [0.2, 0.25) is 0 Å². The van der Waals surface area contributed by atoms with Crippen molar-refractivity contribution in [2.24, 2.45) is 5.92 Å². The quantitative estimate of drug-likeness (QED) is 0.837. The molecule has 1 atom stereocenters. The standard InChI is InChI=1S/C13H15NO2S/c15-13-11-3-1-2-4-12(11)17-14(13)7-5-10-6-8-16-9-10/h1-4,10H,5-9H2. The van der Waals surface area contributed by atoms with Gasteiger partial charge in [-0.25, -0.2) is 0 Å². The monoisotopic (exact) mass is 249 g/mol. The maximum Gasteiger partial charge on any atom is 0.268 e. The Morgan fingerprint density at radius 2 is 2.29 bits per heavy atom. The minimum atomic E-state index is 0.157. The molecule has 0 radical (unpaired) electrons. The van der Waals surface area contributed by atoms with E-state index in [1.54, 1.807) is 11.5 Å². The van der Waals surface area contributed by atoms with E-state index in [-0.39, 0.29) is 5.56 Å². The largest absolute Gasteiger partial charge is 0.381 e. The predicted octanol–water partition coefficient (Wildman–Crippen LogP) is 2.49. The van der Waals surface area contributed by atoms with Crippen LogP contribution in [0.25, 0.3) is 10.1 Å². The summed E-state index contributed by atoms with van der Waals surface area (Å²) in [7, 11) is 0. The van der Waals surface area contributed by atoms with E-state index in [2.05, 4.69) is 0 Å². The second kappa shape index (κ2) is 4.63. The van der Waals surface area contributed by atoms with Gasteiger partial charge in [0, 0.05) is 19.8 Å². The smallest absolute Gasteiger partial charge is 0.268 e. The first-order chi connectivity index (χ1) is 8.34. The third-order valence-corrected chi connectivity index (χ3v) is 4.44. The Kier molecular flexibility index (Phi) is 2.99. The summed E-state index contributed by atoms with van der Waals surface area (Å²) in [4.78, 5) is 12.1. The second-order valence-electron chi connectivity index (χ2n) is 4.51. The molecule has 2 heterocycles. The molecule has 2 aromatic rings. The summed E-state index contributed by atoms with van der Waals surface area (Å²) in [6.07, 6.45) is 2.19. The van der Waals surface area contributed by atoms with Gasteiger partial charge in [-0.15, -0.1) is 0 Å². The number of benzene rings is 1. The average Bonchev–Trinajstić information content (AvgIpc) is 2.96. The highest BCUT2D eigenvalue weighted by Crippen LogP contribution is 2.20. The Bertz CT molecular complexity index is 566. The summed E-state index contributed by atoms with van der Waals surface area (Å²) in [5.41, 5.74) is 0.157. The lowest BCUT2D eigenvalue weighted by Gasteiger charge is -2.06. The fourth-order valence-electron chi connectivity index (χ4n) is 2.28. The fourth-order valence-corrected chi connectivity index (χ4v) is 3.28. The fraction of sp³-hybridized carbons (Fsp3) is 0.462. The van der Waals surface area contributed by atoms with Gasteiger partial charge in [0.25, 0.3) is 5.56 Å². The minimum Gasteiger partial charge on any atom is -0.381 e. The van der Waals surface area contributed by atoms with Gasteiger partial charge in [-0.3, -0.25) is 8.75 Å². The van der Waals surface area contributed by atoms with Crippen molar-refractivity contribution >= 4 is 21.6 Å². The maximum absolute atomic E-state index is 12.1. The maximum atomic E-state index is 12.1. The first-order valence-corrected chi connectivity index (χ1v) is 6.78. The molecule has 1 aromatic carbocycles. The van der Waals surface area contributed by atoms with Crippen molar-refractivity contribution in [2.75, 3.05) is 13.2 Å². The molecule has 1 aromatic heterocycles. The van der Waals surface area contributed by atoms with Gasteiger partial charge in [-0.1, -0.05) is 23.7 Å². The summed E-state index contributed by atoms with van der Waals surface area (Å²) in [6.45, 7) is 2.57. The van der Waals surface area contributed by atoms with Gasteiger partial charge in [0.1, 0.15) is 0 Å². The van der Waals surface area contributed by atoms with Crippen molar-refractivity contribution in [1.29, 1.82) is 0 Å². The minimum absolute atomic E-state index is 0.157. The molecule has 1 unspecified atom stereocenters. The van der Waals surface area contributed by atoms with Crippen LogP contribution < -0.4 is 5.56 Å². The van der Waals surface area contributed by atoms with Crippen LogP contribution in [0, 0.1) is 5.92 Å². The van der Waals surface area contributed by atoms with Crippen LogP contribution in [0.15, 0.2) is 29.1 Å². The Labute approximate surface area is 104 Å². The zero-order chi connectivity index (χ0) is 11.7. The lowest BCUT2D eigenvalue weighted by atomic mass is 10.1. The summed E-state index contributed by atoms with van der Waals surface area (Å²) in [5, 5.41) is 0.847. The van der Waals surface area contributed by atoms with Gasteiger partial charge in [0.05, 0.1) is 10.1 Å². The van der Waals surface area contributed by atoms with E-state index in [0.717, 1.165) is 42.7 Å². The molecule has 3 nitrogen and oxygen atoms in total. The molecule has 0 saturated carbocycles. The van der Waals surface area contributed by atoms with E-state index >= 15 is 0 Å². The molecule has 4 heteroatoms. The first-order valence-electron chi connectivity index (χ1n) is 6.01. The van der Waals surface area contributed by atoms with Crippen molar-refractivity contribution in [1.82, 2.24) is 3.96 Å². The Hall–Kier alpha value is -1.13. The molecule has 0 amide bonds. The highest BCUT2D eigenvalue weighted by atomic mass is 32.1. The van der Waals surface area contributed by atoms with E-state index in [4.69, 9.17) is 4.74 Å². The average molecular weight is 249 g/mol. The number of nitrogens with zero attached hydrogens (tertiary/aromatic N) is 1. The molecule has 1 aliphatic rings. The summed E-state index contributed by atoms with van der Waals surface area (Å²) in [6, 6.07) is 7.82. The molecule has 1 saturated heterocycles. The molecule has 1 aliphatic heterocycles. The van der Waals surface area contributed by atoms with Gasteiger partial charge in [0.2, 0.25) is 0 Å². The van der Waals surface area contributed by atoms with Gasteiger partial charge in [0.15, 0.2) is 0 Å². The topological polar surface area (TPSA) is 31.2 Å². The van der Waals surface area contributed by atoms with Gasteiger partial charge < -0.3 is 4.74 Å². The molecular weight excluding hydrogens is 234 g/mol. The van der Waals surface area contributed by atoms with Gasteiger partial charge in [-0.05, 0) is 30.9 Å². The van der Waals surface area contributed by atoms with Crippen LogP contribution in [0.1, 0.15) is 12.8 Å². The van der Waals surface area contributed by atoms with Crippen molar-refractivity contribution in [2.45, 2.75) is 19.4 Å². The number of aromatic nitrogens is 1. The van der Waals surface area contributed by atoms with Crippen molar-refractivity contribution in [3.05, 3.63) is 34.6 Å². The van der Waals surface area contributed by atoms with Gasteiger partial charge >= 0.3 is 0 Å². The molecule has 90 valence electrons. The van der Waals surface area contributed by atoms with Crippen LogP contribution >= 0.6 is 11.5 Å². The Balaban J connectivity index is 1.80. The molecule has 1 fully saturated rings. The summed E-state index contributed by atoms with van der Waals surface area (Å²) in [5.74, 6) is 0.632. The Morgan fingerprint density at radius 3 is 3.06 bits per heavy atom. The first kappa shape index (κ1) is 11.0. The highest BCUT2D eigenvalue weighted by molar-refractivity contribution is 7.13. The van der Waals surface area contributed by atoms with Crippen LogP contribution in [0.5, 0.6) is 0 Å². The number of ether oxygens (including phenoxy) is 1. The van der Waals surface area contributed by atoms with E-state index in [9.17, 15) is 4.79 Å². The predicted molar refractivity (Wildman–Crippen MR) is 69.6 cm³/mol. The molecule has 0 bridgehead atoms. The number of hydrogen-bond acceptors (Lipinski definition) is 3. The van der Waals surface area contributed by atoms with Crippen LogP contribution in [0.3, 0.4) is 0 Å². The van der Waals surface area contributed by atoms with Crippen LogP contribution in [-0.4, -0.2) is 17.2 Å². The number of hydrogen-bond donors (Lipinski definition) is 0. The van der Waals surface area contributed by atoms with Crippen molar-refractivity contribution in [3.63, 3.8) is 0 Å². The van der Waals surface area contributed by atoms with E-state index < -0.39 is 0 Å². The molecule has 0 spiro atoms. The lowest BCUT2D eigenvalue weighted by molar-refractivity contribution is 0.183. The van der Waals surface area contributed by atoms with E-state index in [1.165, 1.54) is 0 Å². The SMILES string of the molecule is O=c1c2ccccc2sn1CCC1CCOC1. The molecule has 0 N–H and O–H groups in total. The summed E-state index contributed by atoms with van der Waals surface area (Å²) < 4.78 is 8.31. The van der Waals surface area contributed by atoms with E-state index in [0.29, 0.717) is 5.92 Å². The van der Waals surface area contributed by atoms with Crippen molar-refractivity contribution in [3.8, 4) is 0 Å². The molecule has 17 heavy (non-hydrogen) atoms. The van der Waals surface area contributed by atoms with Gasteiger partial charge in [-0.2, -0.15) is 0 Å². The normalized spacial score (nSPS) is 20.1. The van der Waals surface area contributed by atoms with E-state index in [1.807, 2.05) is 28.2 Å². The lowest BCUT2D eigenvalue weighted by Crippen LogP contribution is -2.15. The third-order valence-electron chi connectivity index (χ3n) is 3.32. The number of rotatable bonds is 3.